The number of hydrogen-bond acceptors (Lipinski definition) is 2. The van der Waals surface area contributed by atoms with E-state index in [2.05, 4.69) is 43.0 Å². The van der Waals surface area contributed by atoms with Crippen molar-refractivity contribution in [3.8, 4) is 0 Å². The van der Waals surface area contributed by atoms with Gasteiger partial charge in [0.1, 0.15) is 6.17 Å². The van der Waals surface area contributed by atoms with Gasteiger partial charge in [-0.2, -0.15) is 0 Å². The Hall–Kier alpha value is -0.660. The summed E-state index contributed by atoms with van der Waals surface area (Å²) >= 11 is 0. The highest BCUT2D eigenvalue weighted by Crippen LogP contribution is 2.23. The number of unbranched alkanes of at least 4 members (excludes halogenated alkanes) is 15. The maximum absolute atomic E-state index is 2.66. The van der Waals surface area contributed by atoms with Crippen LogP contribution in [0.15, 0.2) is 12.4 Å². The lowest BCUT2D eigenvalue weighted by atomic mass is 10.1. The van der Waals surface area contributed by atoms with Crippen molar-refractivity contribution in [1.29, 1.82) is 0 Å². The normalized spacial score (nSPS) is 16.3. The zero-order valence-corrected chi connectivity index (χ0v) is 20.5. The molecule has 0 aromatic rings. The zero-order valence-electron chi connectivity index (χ0n) is 20.5. The average molecular weight is 407 g/mol. The van der Waals surface area contributed by atoms with Crippen molar-refractivity contribution in [2.45, 2.75) is 149 Å². The quantitative estimate of drug-likeness (QED) is 0.176. The summed E-state index contributed by atoms with van der Waals surface area (Å²) in [4.78, 5) is 5.32. The molecule has 0 aromatic carbocycles. The Kier molecular flexibility index (Phi) is 17.6. The molecule has 0 aromatic heterocycles. The topological polar surface area (TPSA) is 6.48 Å². The van der Waals surface area contributed by atoms with Crippen LogP contribution in [-0.4, -0.2) is 29.1 Å². The highest BCUT2D eigenvalue weighted by Gasteiger charge is 2.24. The van der Waals surface area contributed by atoms with Gasteiger partial charge in [-0.25, -0.2) is 0 Å². The van der Waals surface area contributed by atoms with Crippen molar-refractivity contribution in [3.63, 3.8) is 0 Å². The summed E-state index contributed by atoms with van der Waals surface area (Å²) < 4.78 is 0. The third kappa shape index (κ3) is 13.3. The van der Waals surface area contributed by atoms with Gasteiger partial charge in [-0.05, 0) is 25.7 Å². The molecular formula is C27H54N2. The van der Waals surface area contributed by atoms with E-state index in [0.717, 1.165) is 0 Å². The van der Waals surface area contributed by atoms with Crippen LogP contribution >= 0.6 is 0 Å². The maximum Gasteiger partial charge on any atom is 0.101 e. The van der Waals surface area contributed by atoms with Crippen molar-refractivity contribution < 1.29 is 0 Å². The first-order valence-electron chi connectivity index (χ1n) is 13.5. The monoisotopic (exact) mass is 406 g/mol. The van der Waals surface area contributed by atoms with Crippen LogP contribution in [0.5, 0.6) is 0 Å². The van der Waals surface area contributed by atoms with Crippen LogP contribution in [0.4, 0.5) is 0 Å². The summed E-state index contributed by atoms with van der Waals surface area (Å²) in [6.45, 7) is 9.45. The summed E-state index contributed by atoms with van der Waals surface area (Å²) in [5, 5.41) is 0. The minimum atomic E-state index is 0.645. The van der Waals surface area contributed by atoms with Crippen LogP contribution in [0.3, 0.4) is 0 Å². The predicted molar refractivity (Wildman–Crippen MR) is 131 cm³/mol. The van der Waals surface area contributed by atoms with Crippen molar-refractivity contribution in [2.75, 3.05) is 13.1 Å². The Balaban J connectivity index is 2.22. The molecule has 0 saturated carbocycles. The molecule has 29 heavy (non-hydrogen) atoms. The van der Waals surface area contributed by atoms with Gasteiger partial charge in [-0.1, -0.05) is 117 Å². The molecule has 0 amide bonds. The molecular weight excluding hydrogens is 352 g/mol. The van der Waals surface area contributed by atoms with E-state index in [9.17, 15) is 0 Å². The van der Waals surface area contributed by atoms with E-state index >= 15 is 0 Å². The first-order valence-corrected chi connectivity index (χ1v) is 13.5. The minimum absolute atomic E-state index is 0.645. The molecule has 1 unspecified atom stereocenters. The summed E-state index contributed by atoms with van der Waals surface area (Å²) in [5.74, 6) is 0. The second-order valence-corrected chi connectivity index (χ2v) is 9.35. The summed E-state index contributed by atoms with van der Waals surface area (Å²) in [6.07, 6.45) is 32.1. The fourth-order valence-electron chi connectivity index (χ4n) is 4.60. The van der Waals surface area contributed by atoms with E-state index < -0.39 is 0 Å². The minimum Gasteiger partial charge on any atom is -0.356 e. The van der Waals surface area contributed by atoms with E-state index in [1.807, 2.05) is 0 Å². The molecule has 1 rings (SSSR count). The van der Waals surface area contributed by atoms with E-state index in [1.54, 1.807) is 0 Å². The molecule has 0 aliphatic carbocycles. The lowest BCUT2D eigenvalue weighted by Gasteiger charge is -2.33. The van der Waals surface area contributed by atoms with Crippen LogP contribution < -0.4 is 0 Å². The first-order chi connectivity index (χ1) is 14.3. The van der Waals surface area contributed by atoms with Gasteiger partial charge in [-0.15, -0.1) is 0 Å². The average Bonchev–Trinajstić information content (AvgIpc) is 3.11. The maximum atomic E-state index is 2.66. The molecule has 0 saturated heterocycles. The van der Waals surface area contributed by atoms with Crippen LogP contribution in [0, 0.1) is 0 Å². The summed E-state index contributed by atoms with van der Waals surface area (Å²) in [5.41, 5.74) is 0. The Morgan fingerprint density at radius 2 is 0.793 bits per heavy atom. The Morgan fingerprint density at radius 3 is 1.21 bits per heavy atom. The summed E-state index contributed by atoms with van der Waals surface area (Å²) in [6, 6.07) is 0. The van der Waals surface area contributed by atoms with Crippen molar-refractivity contribution in [3.05, 3.63) is 12.4 Å². The predicted octanol–water partition coefficient (Wildman–Crippen LogP) is 8.87. The molecule has 172 valence electrons. The smallest absolute Gasteiger partial charge is 0.101 e. The number of rotatable bonds is 21. The molecule has 1 atom stereocenters. The molecule has 2 heteroatoms. The highest BCUT2D eigenvalue weighted by molar-refractivity contribution is 4.96. The Labute approximate surface area is 184 Å². The standard InChI is InChI=1S/C27H54N2/c1-4-7-10-12-14-16-18-21-24-29-26-25-28(27(29)22-19-9-6-3)23-20-17-15-13-11-8-5-2/h25-27H,4-24H2,1-3H3. The van der Waals surface area contributed by atoms with E-state index in [1.165, 1.54) is 135 Å². The fraction of sp³-hybridized carbons (Fsp3) is 0.926. The Bertz CT molecular complexity index is 366. The fourth-order valence-corrected chi connectivity index (χ4v) is 4.60. The largest absolute Gasteiger partial charge is 0.356 e. The molecule has 1 aliphatic rings. The molecule has 0 fully saturated rings. The van der Waals surface area contributed by atoms with Gasteiger partial charge in [0.15, 0.2) is 0 Å². The van der Waals surface area contributed by atoms with Gasteiger partial charge >= 0.3 is 0 Å². The van der Waals surface area contributed by atoms with E-state index in [-0.39, 0.29) is 0 Å². The number of nitrogens with zero attached hydrogens (tertiary/aromatic N) is 2. The summed E-state index contributed by atoms with van der Waals surface area (Å²) in [7, 11) is 0. The lowest BCUT2D eigenvalue weighted by Crippen LogP contribution is -2.39. The SMILES string of the molecule is CCCCCCCCCCN1C=CN(CCCCCCCCC)C1CCCCC. The molecule has 1 heterocycles. The van der Waals surface area contributed by atoms with Crippen molar-refractivity contribution in [2.24, 2.45) is 0 Å². The van der Waals surface area contributed by atoms with E-state index in [0.29, 0.717) is 6.17 Å². The van der Waals surface area contributed by atoms with Crippen molar-refractivity contribution >= 4 is 0 Å². The third-order valence-corrected chi connectivity index (χ3v) is 6.57. The van der Waals surface area contributed by atoms with Gasteiger partial charge < -0.3 is 9.80 Å². The van der Waals surface area contributed by atoms with Gasteiger partial charge in [0.2, 0.25) is 0 Å². The second kappa shape index (κ2) is 19.3. The van der Waals surface area contributed by atoms with Gasteiger partial charge in [0.05, 0.1) is 0 Å². The molecule has 2 nitrogen and oxygen atoms in total. The first kappa shape index (κ1) is 26.4. The number of hydrogen-bond donors (Lipinski definition) is 0. The molecule has 0 bridgehead atoms. The van der Waals surface area contributed by atoms with Gasteiger partial charge in [-0.3, -0.25) is 0 Å². The highest BCUT2D eigenvalue weighted by atomic mass is 15.4. The molecule has 0 N–H and O–H groups in total. The van der Waals surface area contributed by atoms with Crippen molar-refractivity contribution in [1.82, 2.24) is 9.80 Å². The molecule has 0 spiro atoms. The van der Waals surface area contributed by atoms with Crippen LogP contribution in [-0.2, 0) is 0 Å². The van der Waals surface area contributed by atoms with Crippen LogP contribution in [0.25, 0.3) is 0 Å². The van der Waals surface area contributed by atoms with E-state index in [4.69, 9.17) is 0 Å². The second-order valence-electron chi connectivity index (χ2n) is 9.35. The zero-order chi connectivity index (χ0) is 21.0. The molecule has 0 radical (unpaired) electrons. The third-order valence-electron chi connectivity index (χ3n) is 6.57. The lowest BCUT2D eigenvalue weighted by molar-refractivity contribution is 0.135. The Morgan fingerprint density at radius 1 is 0.448 bits per heavy atom. The van der Waals surface area contributed by atoms with Crippen LogP contribution in [0.2, 0.25) is 0 Å². The van der Waals surface area contributed by atoms with Gasteiger partial charge in [0, 0.05) is 25.5 Å². The van der Waals surface area contributed by atoms with Gasteiger partial charge in [0.25, 0.3) is 0 Å². The molecule has 1 aliphatic heterocycles. The van der Waals surface area contributed by atoms with Crippen LogP contribution in [0.1, 0.15) is 143 Å².